The Hall–Kier alpha value is -2.97. The fourth-order valence-electron chi connectivity index (χ4n) is 2.12. The molecular formula is C19H19NO4. The molecule has 2 aromatic carbocycles. The maximum absolute atomic E-state index is 8.82. The summed E-state index contributed by atoms with van der Waals surface area (Å²) in [5.41, 5.74) is 2.53. The van der Waals surface area contributed by atoms with Crippen LogP contribution in [0.3, 0.4) is 0 Å². The van der Waals surface area contributed by atoms with E-state index in [9.17, 15) is 0 Å². The first-order valence-corrected chi connectivity index (χ1v) is 7.27. The van der Waals surface area contributed by atoms with E-state index in [1.54, 1.807) is 33.5 Å². The van der Waals surface area contributed by atoms with Crippen LogP contribution in [0.4, 0.5) is 0 Å². The van der Waals surface area contributed by atoms with Gasteiger partial charge in [-0.15, -0.1) is 0 Å². The highest BCUT2D eigenvalue weighted by molar-refractivity contribution is 5.72. The first kappa shape index (κ1) is 17.4. The standard InChI is InChI=1S/C19H19NO4/c1-21-13-24-19-17(22-2)10-16(11-18(19)23-3)9-6-14-4-7-15(12-20)8-5-14/h4-11H,13H2,1-3H3. The van der Waals surface area contributed by atoms with Crippen molar-refractivity contribution < 1.29 is 18.9 Å². The number of benzene rings is 2. The summed E-state index contributed by atoms with van der Waals surface area (Å²) in [5.74, 6) is 1.62. The molecule has 2 rings (SSSR count). The maximum atomic E-state index is 8.82. The minimum Gasteiger partial charge on any atom is -0.493 e. The van der Waals surface area contributed by atoms with E-state index in [-0.39, 0.29) is 6.79 Å². The Morgan fingerprint density at radius 3 is 2.00 bits per heavy atom. The van der Waals surface area contributed by atoms with Gasteiger partial charge in [0, 0.05) is 7.11 Å². The molecule has 24 heavy (non-hydrogen) atoms. The van der Waals surface area contributed by atoms with Crippen LogP contribution in [-0.2, 0) is 4.74 Å². The van der Waals surface area contributed by atoms with Crippen molar-refractivity contribution in [3.8, 4) is 23.3 Å². The Kier molecular flexibility index (Phi) is 6.23. The molecule has 0 saturated heterocycles. The van der Waals surface area contributed by atoms with Gasteiger partial charge in [-0.25, -0.2) is 0 Å². The van der Waals surface area contributed by atoms with Crippen molar-refractivity contribution in [2.24, 2.45) is 0 Å². The van der Waals surface area contributed by atoms with Gasteiger partial charge in [0.15, 0.2) is 18.3 Å². The van der Waals surface area contributed by atoms with E-state index in [1.165, 1.54) is 0 Å². The summed E-state index contributed by atoms with van der Waals surface area (Å²) >= 11 is 0. The maximum Gasteiger partial charge on any atom is 0.206 e. The zero-order chi connectivity index (χ0) is 17.4. The van der Waals surface area contributed by atoms with Crippen LogP contribution in [0.2, 0.25) is 0 Å². The van der Waals surface area contributed by atoms with Gasteiger partial charge in [-0.05, 0) is 35.4 Å². The number of rotatable bonds is 7. The van der Waals surface area contributed by atoms with Gasteiger partial charge in [0.25, 0.3) is 0 Å². The van der Waals surface area contributed by atoms with Crippen molar-refractivity contribution in [3.05, 3.63) is 53.1 Å². The van der Waals surface area contributed by atoms with Crippen molar-refractivity contribution in [1.82, 2.24) is 0 Å². The molecule has 0 aromatic heterocycles. The van der Waals surface area contributed by atoms with E-state index in [1.807, 2.05) is 36.4 Å². The van der Waals surface area contributed by atoms with Crippen LogP contribution in [0, 0.1) is 11.3 Å². The molecule has 0 fully saturated rings. The average Bonchev–Trinajstić information content (AvgIpc) is 2.64. The van der Waals surface area contributed by atoms with E-state index in [4.69, 9.17) is 24.2 Å². The Balaban J connectivity index is 2.29. The predicted molar refractivity (Wildman–Crippen MR) is 92.1 cm³/mol. The molecule has 0 bridgehead atoms. The third-order valence-corrected chi connectivity index (χ3v) is 3.31. The third kappa shape index (κ3) is 4.28. The zero-order valence-corrected chi connectivity index (χ0v) is 13.9. The minimum atomic E-state index is 0.104. The molecular weight excluding hydrogens is 306 g/mol. The van der Waals surface area contributed by atoms with Crippen LogP contribution >= 0.6 is 0 Å². The molecule has 0 aliphatic rings. The van der Waals surface area contributed by atoms with Crippen LogP contribution < -0.4 is 14.2 Å². The smallest absolute Gasteiger partial charge is 0.206 e. The van der Waals surface area contributed by atoms with Crippen molar-refractivity contribution in [2.75, 3.05) is 28.1 Å². The summed E-state index contributed by atoms with van der Waals surface area (Å²) in [7, 11) is 4.69. The second-order valence-corrected chi connectivity index (χ2v) is 4.87. The second kappa shape index (κ2) is 8.61. The first-order chi connectivity index (χ1) is 11.7. The lowest BCUT2D eigenvalue weighted by atomic mass is 10.1. The molecule has 0 N–H and O–H groups in total. The Bertz CT molecular complexity index is 720. The van der Waals surface area contributed by atoms with Crippen molar-refractivity contribution in [1.29, 1.82) is 5.26 Å². The van der Waals surface area contributed by atoms with Gasteiger partial charge in [-0.2, -0.15) is 5.26 Å². The van der Waals surface area contributed by atoms with E-state index in [2.05, 4.69) is 6.07 Å². The highest BCUT2D eigenvalue weighted by Gasteiger charge is 2.13. The molecule has 124 valence electrons. The monoisotopic (exact) mass is 325 g/mol. The molecule has 2 aromatic rings. The van der Waals surface area contributed by atoms with Gasteiger partial charge in [0.05, 0.1) is 25.9 Å². The molecule has 0 amide bonds. The molecule has 5 nitrogen and oxygen atoms in total. The van der Waals surface area contributed by atoms with Gasteiger partial charge in [0.1, 0.15) is 0 Å². The first-order valence-electron chi connectivity index (χ1n) is 7.27. The zero-order valence-electron chi connectivity index (χ0n) is 13.9. The van der Waals surface area contributed by atoms with Crippen molar-refractivity contribution >= 4 is 12.2 Å². The van der Waals surface area contributed by atoms with Gasteiger partial charge in [-0.3, -0.25) is 0 Å². The Labute approximate surface area is 141 Å². The fraction of sp³-hybridized carbons (Fsp3) is 0.211. The summed E-state index contributed by atoms with van der Waals surface area (Å²) in [5, 5.41) is 8.82. The summed E-state index contributed by atoms with van der Waals surface area (Å²) in [4.78, 5) is 0. The summed E-state index contributed by atoms with van der Waals surface area (Å²) in [6.45, 7) is 0.104. The summed E-state index contributed by atoms with van der Waals surface area (Å²) in [6, 6.07) is 13.1. The number of nitriles is 1. The van der Waals surface area contributed by atoms with E-state index < -0.39 is 0 Å². The molecule has 5 heteroatoms. The van der Waals surface area contributed by atoms with Gasteiger partial charge < -0.3 is 18.9 Å². The minimum absolute atomic E-state index is 0.104. The van der Waals surface area contributed by atoms with Crippen LogP contribution in [0.15, 0.2) is 36.4 Å². The number of ether oxygens (including phenoxy) is 4. The van der Waals surface area contributed by atoms with E-state index in [0.717, 1.165) is 11.1 Å². The lowest BCUT2D eigenvalue weighted by Crippen LogP contribution is -2.03. The Morgan fingerprint density at radius 1 is 0.917 bits per heavy atom. The predicted octanol–water partition coefficient (Wildman–Crippen LogP) is 3.73. The lowest BCUT2D eigenvalue weighted by Gasteiger charge is -2.14. The number of methoxy groups -OCH3 is 3. The van der Waals surface area contributed by atoms with Gasteiger partial charge in [-0.1, -0.05) is 24.3 Å². The highest BCUT2D eigenvalue weighted by Crippen LogP contribution is 2.39. The molecule has 0 radical (unpaired) electrons. The molecule has 0 aliphatic heterocycles. The van der Waals surface area contributed by atoms with E-state index >= 15 is 0 Å². The van der Waals surface area contributed by atoms with Crippen LogP contribution in [0.25, 0.3) is 12.2 Å². The average molecular weight is 325 g/mol. The summed E-state index contributed by atoms with van der Waals surface area (Å²) < 4.78 is 21.2. The molecule has 0 heterocycles. The molecule has 0 unspecified atom stereocenters. The van der Waals surface area contributed by atoms with Crippen LogP contribution in [0.5, 0.6) is 17.2 Å². The van der Waals surface area contributed by atoms with Crippen molar-refractivity contribution in [2.45, 2.75) is 0 Å². The van der Waals surface area contributed by atoms with Crippen LogP contribution in [0.1, 0.15) is 16.7 Å². The normalized spacial score (nSPS) is 10.4. The third-order valence-electron chi connectivity index (χ3n) is 3.31. The van der Waals surface area contributed by atoms with Gasteiger partial charge in [0.2, 0.25) is 5.75 Å². The van der Waals surface area contributed by atoms with Crippen molar-refractivity contribution in [3.63, 3.8) is 0 Å². The number of hydrogen-bond donors (Lipinski definition) is 0. The lowest BCUT2D eigenvalue weighted by molar-refractivity contribution is 0.0471. The summed E-state index contributed by atoms with van der Waals surface area (Å²) in [6.07, 6.45) is 3.89. The Morgan fingerprint density at radius 2 is 1.50 bits per heavy atom. The number of hydrogen-bond acceptors (Lipinski definition) is 5. The quantitative estimate of drug-likeness (QED) is 0.573. The SMILES string of the molecule is COCOc1c(OC)cc(C=Cc2ccc(C#N)cc2)cc1OC. The molecule has 0 spiro atoms. The largest absolute Gasteiger partial charge is 0.493 e. The highest BCUT2D eigenvalue weighted by atomic mass is 16.7. The molecule has 0 saturated carbocycles. The fourth-order valence-corrected chi connectivity index (χ4v) is 2.12. The second-order valence-electron chi connectivity index (χ2n) is 4.87. The van der Waals surface area contributed by atoms with E-state index in [0.29, 0.717) is 22.8 Å². The van der Waals surface area contributed by atoms with Crippen LogP contribution in [-0.4, -0.2) is 28.1 Å². The molecule has 0 aliphatic carbocycles. The topological polar surface area (TPSA) is 60.7 Å². The molecule has 0 atom stereocenters. The number of nitrogens with zero attached hydrogens (tertiary/aromatic N) is 1. The van der Waals surface area contributed by atoms with Gasteiger partial charge >= 0.3 is 0 Å².